The van der Waals surface area contributed by atoms with Crippen LogP contribution in [0.4, 0.5) is 5.69 Å². The van der Waals surface area contributed by atoms with E-state index in [1.807, 2.05) is 35.0 Å². The molecular weight excluding hydrogens is 418 g/mol. The Hall–Kier alpha value is -3.58. The van der Waals surface area contributed by atoms with Gasteiger partial charge in [0, 0.05) is 5.56 Å². The predicted molar refractivity (Wildman–Crippen MR) is 127 cm³/mol. The van der Waals surface area contributed by atoms with Crippen molar-refractivity contribution in [3.8, 4) is 17.1 Å². The van der Waals surface area contributed by atoms with Crippen LogP contribution in [0.15, 0.2) is 89.1 Å². The third-order valence-electron chi connectivity index (χ3n) is 5.83. The topological polar surface area (TPSA) is 55.5 Å². The molecule has 0 radical (unpaired) electrons. The maximum absolute atomic E-state index is 5.36. The number of hydrazone groups is 1. The van der Waals surface area contributed by atoms with Gasteiger partial charge >= 0.3 is 0 Å². The average molecular weight is 440 g/mol. The number of hydrogen-bond acceptors (Lipinski definition) is 6. The van der Waals surface area contributed by atoms with E-state index < -0.39 is 0 Å². The van der Waals surface area contributed by atoms with Gasteiger partial charge in [0.15, 0.2) is 16.8 Å². The lowest BCUT2D eigenvalue weighted by Gasteiger charge is -2.26. The lowest BCUT2D eigenvalue weighted by Crippen LogP contribution is -2.27. The first-order chi connectivity index (χ1) is 15.7. The van der Waals surface area contributed by atoms with Crippen LogP contribution >= 0.6 is 11.8 Å². The molecule has 0 fully saturated rings. The average Bonchev–Trinajstić information content (AvgIpc) is 3.50. The van der Waals surface area contributed by atoms with Crippen molar-refractivity contribution >= 4 is 23.3 Å². The lowest BCUT2D eigenvalue weighted by atomic mass is 10.0. The van der Waals surface area contributed by atoms with Crippen LogP contribution in [0.2, 0.25) is 0 Å². The van der Waals surface area contributed by atoms with E-state index in [-0.39, 0.29) is 11.3 Å². The minimum Gasteiger partial charge on any atom is -0.497 e. The molecule has 0 amide bonds. The molecule has 3 aromatic carbocycles. The third-order valence-corrected chi connectivity index (χ3v) is 7.03. The molecule has 0 N–H and O–H groups in total. The Bertz CT molecular complexity index is 1300. The molecule has 0 aliphatic carbocycles. The fourth-order valence-corrected chi connectivity index (χ4v) is 5.41. The first kappa shape index (κ1) is 19.1. The standard InChI is InChI=1S/C25H21N5OS/c1-16-8-10-18(11-9-16)23-26-25-30(27-23)24-22(32-25)21(17-12-14-20(31-2)15-13-17)29(28-24)19-6-4-3-5-7-19/h3-15,21-22H,1-2H3/t21-,22-/m1/s1. The van der Waals surface area contributed by atoms with Crippen molar-refractivity contribution in [1.82, 2.24) is 14.8 Å². The first-order valence-electron chi connectivity index (χ1n) is 10.5. The van der Waals surface area contributed by atoms with E-state index in [2.05, 4.69) is 60.5 Å². The number of hydrogen-bond donors (Lipinski definition) is 0. The van der Waals surface area contributed by atoms with E-state index in [1.54, 1.807) is 18.9 Å². The van der Waals surface area contributed by atoms with Crippen molar-refractivity contribution in [2.24, 2.45) is 5.10 Å². The van der Waals surface area contributed by atoms with Gasteiger partial charge in [0.25, 0.3) is 0 Å². The molecule has 2 aliphatic heterocycles. The molecule has 0 unspecified atom stereocenters. The smallest absolute Gasteiger partial charge is 0.193 e. The molecule has 3 heterocycles. The Kier molecular flexibility index (Phi) is 4.50. The fourth-order valence-electron chi connectivity index (χ4n) is 4.16. The minimum atomic E-state index is 0.0367. The highest BCUT2D eigenvalue weighted by Gasteiger charge is 2.47. The molecule has 7 heteroatoms. The number of thioether (sulfide) groups is 1. The number of ether oxygens (including phenoxy) is 1. The molecule has 0 saturated heterocycles. The molecule has 6 nitrogen and oxygen atoms in total. The zero-order chi connectivity index (χ0) is 21.7. The highest BCUT2D eigenvalue weighted by Crippen LogP contribution is 2.47. The van der Waals surface area contributed by atoms with Crippen LogP contribution in [-0.2, 0) is 0 Å². The van der Waals surface area contributed by atoms with Crippen LogP contribution in [0.3, 0.4) is 0 Å². The molecular formula is C25H21N5OS. The number of aryl methyl sites for hydroxylation is 1. The van der Waals surface area contributed by atoms with Crippen molar-refractivity contribution < 1.29 is 4.74 Å². The molecule has 0 bridgehead atoms. The number of aromatic nitrogens is 3. The number of fused-ring (bicyclic) bond motifs is 3. The first-order valence-corrected chi connectivity index (χ1v) is 11.4. The summed E-state index contributed by atoms with van der Waals surface area (Å²) >= 11 is 1.72. The molecule has 1 aromatic heterocycles. The number of anilines is 1. The van der Waals surface area contributed by atoms with Crippen molar-refractivity contribution in [2.45, 2.75) is 23.4 Å². The summed E-state index contributed by atoms with van der Waals surface area (Å²) in [5.41, 5.74) is 4.46. The molecule has 2 aliphatic rings. The van der Waals surface area contributed by atoms with Gasteiger partial charge in [-0.1, -0.05) is 71.9 Å². The van der Waals surface area contributed by atoms with Gasteiger partial charge in [-0.05, 0) is 36.8 Å². The molecule has 32 heavy (non-hydrogen) atoms. The van der Waals surface area contributed by atoms with Gasteiger partial charge in [-0.25, -0.2) is 4.98 Å². The molecule has 158 valence electrons. The van der Waals surface area contributed by atoms with E-state index in [4.69, 9.17) is 19.9 Å². The van der Waals surface area contributed by atoms with Crippen LogP contribution in [0, 0.1) is 6.92 Å². The Morgan fingerprint density at radius 1 is 0.906 bits per heavy atom. The molecule has 4 aromatic rings. The maximum atomic E-state index is 5.36. The maximum Gasteiger partial charge on any atom is 0.193 e. The second-order valence-electron chi connectivity index (χ2n) is 7.89. The summed E-state index contributed by atoms with van der Waals surface area (Å²) in [7, 11) is 1.69. The number of methoxy groups -OCH3 is 1. The second-order valence-corrected chi connectivity index (χ2v) is 9.00. The third kappa shape index (κ3) is 3.08. The van der Waals surface area contributed by atoms with Gasteiger partial charge in [-0.3, -0.25) is 5.01 Å². The predicted octanol–water partition coefficient (Wildman–Crippen LogP) is 5.16. The summed E-state index contributed by atoms with van der Waals surface area (Å²) in [6, 6.07) is 26.9. The summed E-state index contributed by atoms with van der Waals surface area (Å²) in [5.74, 6) is 2.49. The van der Waals surface area contributed by atoms with Crippen molar-refractivity contribution in [3.05, 3.63) is 90.0 Å². The van der Waals surface area contributed by atoms with E-state index in [9.17, 15) is 0 Å². The number of rotatable bonds is 4. The molecule has 0 spiro atoms. The van der Waals surface area contributed by atoms with Crippen LogP contribution in [0.1, 0.15) is 17.2 Å². The Labute approximate surface area is 190 Å². The van der Waals surface area contributed by atoms with Gasteiger partial charge in [-0.2, -0.15) is 9.78 Å². The van der Waals surface area contributed by atoms with Gasteiger partial charge in [-0.15, -0.1) is 5.10 Å². The minimum absolute atomic E-state index is 0.0367. The highest BCUT2D eigenvalue weighted by molar-refractivity contribution is 8.01. The van der Waals surface area contributed by atoms with Crippen LogP contribution < -0.4 is 9.75 Å². The van der Waals surface area contributed by atoms with Crippen molar-refractivity contribution in [2.75, 3.05) is 12.1 Å². The summed E-state index contributed by atoms with van der Waals surface area (Å²) in [6.45, 7) is 2.08. The lowest BCUT2D eigenvalue weighted by molar-refractivity contribution is 0.414. The van der Waals surface area contributed by atoms with Crippen LogP contribution in [0.25, 0.3) is 11.4 Å². The number of nitrogens with zero attached hydrogens (tertiary/aromatic N) is 5. The van der Waals surface area contributed by atoms with Gasteiger partial charge in [0.05, 0.1) is 18.8 Å². The zero-order valence-electron chi connectivity index (χ0n) is 17.7. The monoisotopic (exact) mass is 439 g/mol. The summed E-state index contributed by atoms with van der Waals surface area (Å²) in [6.07, 6.45) is 0. The summed E-state index contributed by atoms with van der Waals surface area (Å²) < 4.78 is 7.27. The second kappa shape index (κ2) is 7.53. The summed E-state index contributed by atoms with van der Waals surface area (Å²) in [4.78, 5) is 4.82. The van der Waals surface area contributed by atoms with Crippen molar-refractivity contribution in [3.63, 3.8) is 0 Å². The van der Waals surface area contributed by atoms with Crippen LogP contribution in [-0.4, -0.2) is 33.0 Å². The van der Waals surface area contributed by atoms with E-state index in [0.29, 0.717) is 0 Å². The van der Waals surface area contributed by atoms with Crippen LogP contribution in [0.5, 0.6) is 5.75 Å². The molecule has 6 rings (SSSR count). The highest BCUT2D eigenvalue weighted by atomic mass is 32.2. The normalized spacial score (nSPS) is 18.9. The van der Waals surface area contributed by atoms with Crippen molar-refractivity contribution in [1.29, 1.82) is 0 Å². The molecule has 2 atom stereocenters. The SMILES string of the molecule is COc1ccc([C@@H]2[C@H]3Sc4nc(-c5ccc(C)cc5)nn4C3=NN2c2ccccc2)cc1. The van der Waals surface area contributed by atoms with Gasteiger partial charge in [0.1, 0.15) is 11.0 Å². The largest absolute Gasteiger partial charge is 0.497 e. The number of benzene rings is 3. The Morgan fingerprint density at radius 3 is 2.38 bits per heavy atom. The van der Waals surface area contributed by atoms with Gasteiger partial charge < -0.3 is 4.74 Å². The fraction of sp³-hybridized carbons (Fsp3) is 0.160. The zero-order valence-corrected chi connectivity index (χ0v) is 18.5. The van der Waals surface area contributed by atoms with E-state index in [1.165, 1.54) is 11.1 Å². The Balaban J connectivity index is 1.41. The molecule has 0 saturated carbocycles. The Morgan fingerprint density at radius 2 is 1.66 bits per heavy atom. The van der Waals surface area contributed by atoms with Gasteiger partial charge in [0.2, 0.25) is 0 Å². The van der Waals surface area contributed by atoms with E-state index in [0.717, 1.165) is 33.8 Å². The quantitative estimate of drug-likeness (QED) is 0.440. The van der Waals surface area contributed by atoms with E-state index >= 15 is 0 Å². The summed E-state index contributed by atoms with van der Waals surface area (Å²) in [5, 5.41) is 13.0. The number of para-hydroxylation sites is 1.